The first-order valence-corrected chi connectivity index (χ1v) is 7.34. The number of aromatic hydroxyl groups is 2. The number of para-hydroxylation sites is 1. The van der Waals surface area contributed by atoms with Crippen molar-refractivity contribution in [3.8, 4) is 11.5 Å². The number of rotatable bonds is 3. The van der Waals surface area contributed by atoms with Crippen molar-refractivity contribution in [2.45, 2.75) is 13.0 Å². The van der Waals surface area contributed by atoms with Gasteiger partial charge >= 0.3 is 0 Å². The van der Waals surface area contributed by atoms with Gasteiger partial charge < -0.3 is 20.1 Å². The number of carbonyl (C=O) groups excluding carboxylic acids is 1. The molecule has 3 aromatic rings. The molecule has 5 nitrogen and oxygen atoms in total. The normalized spacial score (nSPS) is 12.3. The summed E-state index contributed by atoms with van der Waals surface area (Å²) in [5, 5.41) is 20.3. The molecule has 1 atom stereocenters. The van der Waals surface area contributed by atoms with Crippen molar-refractivity contribution in [3.63, 3.8) is 0 Å². The molecule has 1 aromatic heterocycles. The van der Waals surface area contributed by atoms with E-state index in [1.165, 1.54) is 12.1 Å². The summed E-state index contributed by atoms with van der Waals surface area (Å²) in [6, 6.07) is 13.7. The smallest absolute Gasteiger partial charge is 0.257 e. The number of H-pyrrole nitrogens is 1. The maximum Gasteiger partial charge on any atom is 0.257 e. The molecule has 23 heavy (non-hydrogen) atoms. The Morgan fingerprint density at radius 3 is 2.57 bits per heavy atom. The topological polar surface area (TPSA) is 76.6 Å². The molecule has 0 bridgehead atoms. The highest BCUT2D eigenvalue weighted by molar-refractivity contribution is 5.97. The van der Waals surface area contributed by atoms with Crippen LogP contribution >= 0.6 is 0 Å². The first kappa shape index (κ1) is 15.0. The third kappa shape index (κ3) is 2.73. The highest BCUT2D eigenvalue weighted by Gasteiger charge is 2.22. The minimum atomic E-state index is -0.311. The fourth-order valence-corrected chi connectivity index (χ4v) is 2.60. The van der Waals surface area contributed by atoms with Gasteiger partial charge in [0.15, 0.2) is 0 Å². The molecule has 0 aliphatic carbocycles. The van der Waals surface area contributed by atoms with E-state index in [1.807, 2.05) is 37.3 Å². The summed E-state index contributed by atoms with van der Waals surface area (Å²) >= 11 is 0. The SMILES string of the molecule is CC(c1cc2ccccc2[nH]1)N(C)C(=O)c1ccc(O)cc1O. The highest BCUT2D eigenvalue weighted by atomic mass is 16.3. The molecule has 0 saturated carbocycles. The monoisotopic (exact) mass is 310 g/mol. The van der Waals surface area contributed by atoms with Crippen molar-refractivity contribution in [2.75, 3.05) is 7.05 Å². The number of nitrogens with one attached hydrogen (secondary N) is 1. The molecule has 3 N–H and O–H groups in total. The Kier molecular flexibility index (Phi) is 3.70. The molecule has 5 heteroatoms. The lowest BCUT2D eigenvalue weighted by atomic mass is 10.1. The van der Waals surface area contributed by atoms with Crippen molar-refractivity contribution >= 4 is 16.8 Å². The largest absolute Gasteiger partial charge is 0.508 e. The number of hydrogen-bond donors (Lipinski definition) is 3. The summed E-state index contributed by atoms with van der Waals surface area (Å²) < 4.78 is 0. The van der Waals surface area contributed by atoms with Gasteiger partial charge in [0.25, 0.3) is 5.91 Å². The van der Waals surface area contributed by atoms with Gasteiger partial charge in [0, 0.05) is 24.3 Å². The summed E-state index contributed by atoms with van der Waals surface area (Å²) in [5.41, 5.74) is 2.09. The molecular formula is C18H18N2O3. The second kappa shape index (κ2) is 5.68. The van der Waals surface area contributed by atoms with Crippen LogP contribution in [0, 0.1) is 0 Å². The average molecular weight is 310 g/mol. The Hall–Kier alpha value is -2.95. The Bertz CT molecular complexity index is 837. The summed E-state index contributed by atoms with van der Waals surface area (Å²) in [7, 11) is 1.69. The van der Waals surface area contributed by atoms with E-state index in [0.717, 1.165) is 22.7 Å². The number of aromatic nitrogens is 1. The molecule has 1 heterocycles. The van der Waals surface area contributed by atoms with Gasteiger partial charge in [-0.25, -0.2) is 0 Å². The quantitative estimate of drug-likeness (QED) is 0.694. The Labute approximate surface area is 133 Å². The van der Waals surface area contributed by atoms with E-state index in [-0.39, 0.29) is 29.0 Å². The highest BCUT2D eigenvalue weighted by Crippen LogP contribution is 2.28. The van der Waals surface area contributed by atoms with Crippen LogP contribution in [0.2, 0.25) is 0 Å². The van der Waals surface area contributed by atoms with Crippen molar-refractivity contribution in [2.24, 2.45) is 0 Å². The Morgan fingerprint density at radius 1 is 1.13 bits per heavy atom. The predicted molar refractivity (Wildman–Crippen MR) is 88.6 cm³/mol. The van der Waals surface area contributed by atoms with E-state index >= 15 is 0 Å². The number of aromatic amines is 1. The minimum Gasteiger partial charge on any atom is -0.508 e. The van der Waals surface area contributed by atoms with E-state index in [2.05, 4.69) is 4.98 Å². The summed E-state index contributed by atoms with van der Waals surface area (Å²) in [6.45, 7) is 1.92. The Morgan fingerprint density at radius 2 is 1.87 bits per heavy atom. The number of hydrogen-bond acceptors (Lipinski definition) is 3. The molecule has 0 aliphatic rings. The molecule has 1 unspecified atom stereocenters. The summed E-state index contributed by atoms with van der Waals surface area (Å²) in [4.78, 5) is 17.4. The van der Waals surface area contributed by atoms with Crippen LogP contribution in [0.15, 0.2) is 48.5 Å². The van der Waals surface area contributed by atoms with Gasteiger partial charge in [-0.15, -0.1) is 0 Å². The maximum absolute atomic E-state index is 12.6. The molecule has 1 amide bonds. The third-order valence-electron chi connectivity index (χ3n) is 4.11. The van der Waals surface area contributed by atoms with Crippen LogP contribution < -0.4 is 0 Å². The Balaban J connectivity index is 1.89. The lowest BCUT2D eigenvalue weighted by molar-refractivity contribution is 0.0737. The first-order chi connectivity index (χ1) is 11.0. The molecule has 0 radical (unpaired) electrons. The molecule has 0 fully saturated rings. The average Bonchev–Trinajstić information content (AvgIpc) is 2.97. The number of phenols is 2. The second-order valence-corrected chi connectivity index (χ2v) is 5.61. The number of amides is 1. The molecule has 0 saturated heterocycles. The molecule has 2 aromatic carbocycles. The van der Waals surface area contributed by atoms with Gasteiger partial charge in [-0.3, -0.25) is 4.79 Å². The van der Waals surface area contributed by atoms with E-state index in [9.17, 15) is 15.0 Å². The van der Waals surface area contributed by atoms with Crippen LogP contribution in [0.1, 0.15) is 29.0 Å². The van der Waals surface area contributed by atoms with Crippen molar-refractivity contribution < 1.29 is 15.0 Å². The van der Waals surface area contributed by atoms with Gasteiger partial charge in [-0.1, -0.05) is 18.2 Å². The molecule has 0 aliphatic heterocycles. The van der Waals surface area contributed by atoms with Gasteiger partial charge in [-0.2, -0.15) is 0 Å². The fraction of sp³-hybridized carbons (Fsp3) is 0.167. The van der Waals surface area contributed by atoms with Crippen molar-refractivity contribution in [3.05, 3.63) is 59.8 Å². The van der Waals surface area contributed by atoms with Crippen LogP contribution in [0.4, 0.5) is 0 Å². The summed E-state index contributed by atoms with van der Waals surface area (Å²) in [6.07, 6.45) is 0. The number of fused-ring (bicyclic) bond motifs is 1. The molecule has 3 rings (SSSR count). The van der Waals surface area contributed by atoms with Crippen LogP contribution in [0.25, 0.3) is 10.9 Å². The van der Waals surface area contributed by atoms with Gasteiger partial charge in [0.2, 0.25) is 0 Å². The lowest BCUT2D eigenvalue weighted by Gasteiger charge is -2.24. The minimum absolute atomic E-state index is 0.0784. The lowest BCUT2D eigenvalue weighted by Crippen LogP contribution is -2.29. The molecular weight excluding hydrogens is 292 g/mol. The molecule has 0 spiro atoms. The zero-order valence-corrected chi connectivity index (χ0v) is 12.9. The van der Waals surface area contributed by atoms with Gasteiger partial charge in [-0.05, 0) is 36.6 Å². The van der Waals surface area contributed by atoms with Crippen LogP contribution in [-0.4, -0.2) is 33.1 Å². The van der Waals surface area contributed by atoms with E-state index < -0.39 is 0 Å². The van der Waals surface area contributed by atoms with Crippen molar-refractivity contribution in [1.29, 1.82) is 0 Å². The predicted octanol–water partition coefficient (Wildman–Crippen LogP) is 3.41. The first-order valence-electron chi connectivity index (χ1n) is 7.34. The fourth-order valence-electron chi connectivity index (χ4n) is 2.60. The zero-order chi connectivity index (χ0) is 16.6. The van der Waals surface area contributed by atoms with Gasteiger partial charge in [0.1, 0.15) is 11.5 Å². The van der Waals surface area contributed by atoms with Crippen LogP contribution in [0.3, 0.4) is 0 Å². The molecule has 118 valence electrons. The standard InChI is InChI=1S/C18H18N2O3/c1-11(16-9-12-5-3-4-6-15(12)19-16)20(2)18(23)14-8-7-13(21)10-17(14)22/h3-11,19,21-22H,1-2H3. The number of nitrogens with zero attached hydrogens (tertiary/aromatic N) is 1. The number of carbonyl (C=O) groups is 1. The maximum atomic E-state index is 12.6. The van der Waals surface area contributed by atoms with Crippen LogP contribution in [-0.2, 0) is 0 Å². The number of benzene rings is 2. The summed E-state index contributed by atoms with van der Waals surface area (Å²) in [5.74, 6) is -0.621. The third-order valence-corrected chi connectivity index (χ3v) is 4.11. The van der Waals surface area contributed by atoms with Gasteiger partial charge in [0.05, 0.1) is 11.6 Å². The number of phenolic OH excluding ortho intramolecular Hbond substituents is 2. The van der Waals surface area contributed by atoms with E-state index in [1.54, 1.807) is 11.9 Å². The van der Waals surface area contributed by atoms with Crippen molar-refractivity contribution in [1.82, 2.24) is 9.88 Å². The van der Waals surface area contributed by atoms with Crippen LogP contribution in [0.5, 0.6) is 11.5 Å². The second-order valence-electron chi connectivity index (χ2n) is 5.61. The zero-order valence-electron chi connectivity index (χ0n) is 12.9. The van der Waals surface area contributed by atoms with E-state index in [0.29, 0.717) is 0 Å². The van der Waals surface area contributed by atoms with E-state index in [4.69, 9.17) is 0 Å².